The van der Waals surface area contributed by atoms with E-state index in [2.05, 4.69) is 30.3 Å². The second kappa shape index (κ2) is 21.0. The molecule has 1 unspecified atom stereocenters. The number of benzene rings is 3. The first-order valence-corrected chi connectivity index (χ1v) is 25.9. The van der Waals surface area contributed by atoms with E-state index in [0.717, 1.165) is 111 Å². The molecule has 6 amide bonds. The van der Waals surface area contributed by atoms with Crippen LogP contribution >= 0.6 is 11.6 Å². The number of imide groups is 2. The van der Waals surface area contributed by atoms with Gasteiger partial charge >= 0.3 is 0 Å². The Labute approximate surface area is 418 Å². The standard InChI is InChI=1S/C54H62ClFN8O7/c1-33(35-2-4-36(5-3-35)41-14-19-57-46-11-6-37(56)28-43(41)46)51(67)58-38-7-10-45(55)48(29-38)71-40-17-22-63(23-18-40)50(66)32-60-20-15-34(16-21-60)31-61-24-26-62(27-25-61)39-8-9-42-44(30-39)54(70)64(53(42)69)47-12-13-49(65)59-52(47)68/h6-11,14,19,28-30,33-36,40,47H,2-5,12-13,15-18,20-27,31-32H2,1H3,(H,58,67)(H,59,65,68)/t33-,35-,36+,47?/m1/s1. The Morgan fingerprint density at radius 1 is 0.803 bits per heavy atom. The van der Waals surface area contributed by atoms with Crippen molar-refractivity contribution in [3.05, 3.63) is 94.4 Å². The SMILES string of the molecule is C[C@@H](C(=O)Nc1ccc(Cl)c(OC2CCN(C(=O)CN3CCC(CN4CCN(c5ccc6c(c5)C(=O)N(C5CCC(=O)NC5=O)C6=O)CC4)CC3)CC2)c1)[C@H]1CC[C@@H](c2ccnc3ccc(F)cc32)CC1. The number of carbonyl (C=O) groups is 6. The summed E-state index contributed by atoms with van der Waals surface area (Å²) in [6, 6.07) is 16.4. The average Bonchev–Trinajstić information content (AvgIpc) is 3.62. The third-order valence-electron chi connectivity index (χ3n) is 16.1. The summed E-state index contributed by atoms with van der Waals surface area (Å²) in [5.74, 6) is -0.747. The van der Waals surface area contributed by atoms with Gasteiger partial charge < -0.3 is 19.9 Å². The summed E-state index contributed by atoms with van der Waals surface area (Å²) in [5.41, 5.74) is 4.02. The van der Waals surface area contributed by atoms with Crippen molar-refractivity contribution in [2.45, 2.75) is 89.2 Å². The number of amides is 6. The van der Waals surface area contributed by atoms with Crippen LogP contribution in [-0.2, 0) is 19.2 Å². The molecule has 10 rings (SSSR count). The number of nitrogens with zero attached hydrogens (tertiary/aromatic N) is 6. The lowest BCUT2D eigenvalue weighted by Crippen LogP contribution is -2.54. The first-order valence-electron chi connectivity index (χ1n) is 25.5. The fourth-order valence-electron chi connectivity index (χ4n) is 11.8. The molecule has 71 heavy (non-hydrogen) atoms. The largest absolute Gasteiger partial charge is 0.489 e. The second-order valence-electron chi connectivity index (χ2n) is 20.5. The zero-order chi connectivity index (χ0) is 49.3. The molecule has 6 heterocycles. The highest BCUT2D eigenvalue weighted by atomic mass is 35.5. The molecule has 4 aromatic rings. The first-order chi connectivity index (χ1) is 34.3. The van der Waals surface area contributed by atoms with E-state index in [1.165, 1.54) is 6.07 Å². The molecule has 0 bridgehead atoms. The molecule has 0 spiro atoms. The van der Waals surface area contributed by atoms with Crippen LogP contribution in [-0.4, -0.2) is 138 Å². The molecule has 0 radical (unpaired) electrons. The zero-order valence-corrected chi connectivity index (χ0v) is 41.0. The maximum Gasteiger partial charge on any atom is 0.262 e. The van der Waals surface area contributed by atoms with Crippen LogP contribution in [0.5, 0.6) is 5.75 Å². The van der Waals surface area contributed by atoms with Crippen LogP contribution in [0, 0.1) is 23.6 Å². The van der Waals surface area contributed by atoms with Gasteiger partial charge in [-0.05, 0) is 136 Å². The number of pyridine rings is 1. The van der Waals surface area contributed by atoms with E-state index in [1.54, 1.807) is 48.7 Å². The Hall–Kier alpha value is -5.97. The number of piperidine rings is 3. The van der Waals surface area contributed by atoms with E-state index in [1.807, 2.05) is 24.0 Å². The van der Waals surface area contributed by atoms with Crippen molar-refractivity contribution in [2.24, 2.45) is 17.8 Å². The van der Waals surface area contributed by atoms with E-state index in [-0.39, 0.29) is 54.0 Å². The van der Waals surface area contributed by atoms with Gasteiger partial charge in [0.25, 0.3) is 11.8 Å². The maximum atomic E-state index is 14.1. The topological polar surface area (TPSA) is 165 Å². The Morgan fingerprint density at radius 2 is 1.55 bits per heavy atom. The molecule has 1 saturated carbocycles. The average molecular weight is 990 g/mol. The predicted molar refractivity (Wildman–Crippen MR) is 267 cm³/mol. The summed E-state index contributed by atoms with van der Waals surface area (Å²) in [6.07, 6.45) is 9.01. The third-order valence-corrected chi connectivity index (χ3v) is 16.4. The number of halogens is 2. The number of likely N-dealkylation sites (tertiary alicyclic amines) is 2. The Morgan fingerprint density at radius 3 is 2.30 bits per heavy atom. The maximum absolute atomic E-state index is 14.1. The van der Waals surface area contributed by atoms with Crippen LogP contribution in [0.1, 0.15) is 103 Å². The van der Waals surface area contributed by atoms with Crippen LogP contribution in [0.3, 0.4) is 0 Å². The number of aromatic nitrogens is 1. The molecule has 1 aromatic heterocycles. The molecule has 4 saturated heterocycles. The van der Waals surface area contributed by atoms with Crippen molar-refractivity contribution < 1.29 is 37.9 Å². The number of carbonyl (C=O) groups excluding carboxylic acids is 6. The number of rotatable bonds is 12. The van der Waals surface area contributed by atoms with Gasteiger partial charge in [-0.25, -0.2) is 4.39 Å². The van der Waals surface area contributed by atoms with Crippen molar-refractivity contribution in [1.29, 1.82) is 0 Å². The molecule has 5 fully saturated rings. The van der Waals surface area contributed by atoms with Crippen LogP contribution in [0.25, 0.3) is 10.9 Å². The summed E-state index contributed by atoms with van der Waals surface area (Å²) in [5, 5.41) is 6.69. The molecule has 2 N–H and O–H groups in total. The number of piperazine rings is 1. The molecular weight excluding hydrogens is 927 g/mol. The third kappa shape index (κ3) is 10.7. The highest BCUT2D eigenvalue weighted by Crippen LogP contribution is 2.41. The second-order valence-corrected chi connectivity index (χ2v) is 20.9. The van der Waals surface area contributed by atoms with Gasteiger partial charge in [-0.2, -0.15) is 0 Å². The van der Waals surface area contributed by atoms with Crippen LogP contribution < -0.4 is 20.3 Å². The summed E-state index contributed by atoms with van der Waals surface area (Å²) in [4.78, 5) is 92.1. The van der Waals surface area contributed by atoms with Gasteiger partial charge in [0.1, 0.15) is 23.7 Å². The van der Waals surface area contributed by atoms with Crippen molar-refractivity contribution in [3.8, 4) is 5.75 Å². The molecule has 15 nitrogen and oxygen atoms in total. The molecule has 6 aliphatic rings. The van der Waals surface area contributed by atoms with Gasteiger partial charge in [0, 0.05) is 100 Å². The summed E-state index contributed by atoms with van der Waals surface area (Å²) < 4.78 is 20.5. The van der Waals surface area contributed by atoms with Gasteiger partial charge in [-0.3, -0.25) is 53.8 Å². The Kier molecular flexibility index (Phi) is 14.4. The number of fused-ring (bicyclic) bond motifs is 2. The molecule has 2 atom stereocenters. The normalized spacial score (nSPS) is 23.5. The number of anilines is 2. The van der Waals surface area contributed by atoms with E-state index >= 15 is 0 Å². The molecule has 17 heteroatoms. The molecule has 374 valence electrons. The Bertz CT molecular complexity index is 2710. The number of nitrogens with one attached hydrogen (secondary N) is 2. The highest BCUT2D eigenvalue weighted by molar-refractivity contribution is 6.32. The minimum atomic E-state index is -0.984. The number of hydrogen-bond acceptors (Lipinski definition) is 11. The van der Waals surface area contributed by atoms with Gasteiger partial charge in [0.05, 0.1) is 28.2 Å². The van der Waals surface area contributed by atoms with Crippen molar-refractivity contribution >= 4 is 69.3 Å². The minimum absolute atomic E-state index is 0.0388. The van der Waals surface area contributed by atoms with Crippen LogP contribution in [0.4, 0.5) is 15.8 Å². The number of ether oxygens (including phenoxy) is 1. The molecule has 5 aliphatic heterocycles. The Balaban J connectivity index is 0.623. The van der Waals surface area contributed by atoms with Crippen LogP contribution in [0.2, 0.25) is 5.02 Å². The smallest absolute Gasteiger partial charge is 0.262 e. The predicted octanol–water partition coefficient (Wildman–Crippen LogP) is 6.88. The lowest BCUT2D eigenvalue weighted by Gasteiger charge is -2.40. The van der Waals surface area contributed by atoms with E-state index < -0.39 is 29.7 Å². The van der Waals surface area contributed by atoms with Gasteiger partial charge in [0.15, 0.2) is 0 Å². The van der Waals surface area contributed by atoms with E-state index in [9.17, 15) is 33.2 Å². The van der Waals surface area contributed by atoms with Crippen LogP contribution in [0.15, 0.2) is 66.9 Å². The molecule has 1 aliphatic carbocycles. The molecule has 3 aromatic carbocycles. The van der Waals surface area contributed by atoms with Gasteiger partial charge in [0.2, 0.25) is 23.6 Å². The van der Waals surface area contributed by atoms with Crippen molar-refractivity contribution in [3.63, 3.8) is 0 Å². The quantitative estimate of drug-likeness (QED) is 0.142. The summed E-state index contributed by atoms with van der Waals surface area (Å²) in [7, 11) is 0. The fraction of sp³-hybridized carbons (Fsp3) is 0.500. The van der Waals surface area contributed by atoms with E-state index in [0.29, 0.717) is 66.3 Å². The minimum Gasteiger partial charge on any atom is -0.489 e. The zero-order valence-electron chi connectivity index (χ0n) is 40.3. The van der Waals surface area contributed by atoms with E-state index in [4.69, 9.17) is 16.3 Å². The van der Waals surface area contributed by atoms with Crippen molar-refractivity contribution in [1.82, 2.24) is 29.9 Å². The van der Waals surface area contributed by atoms with Crippen molar-refractivity contribution in [2.75, 3.05) is 75.7 Å². The first kappa shape index (κ1) is 48.6. The lowest BCUT2D eigenvalue weighted by molar-refractivity contribution is -0.136. The van der Waals surface area contributed by atoms with Gasteiger partial charge in [-0.15, -0.1) is 0 Å². The summed E-state index contributed by atoms with van der Waals surface area (Å²) in [6.45, 7) is 9.69. The highest BCUT2D eigenvalue weighted by Gasteiger charge is 2.45. The molecular formula is C54H62ClFN8O7. The summed E-state index contributed by atoms with van der Waals surface area (Å²) >= 11 is 6.61. The monoisotopic (exact) mass is 988 g/mol. The fourth-order valence-corrected chi connectivity index (χ4v) is 12.0. The lowest BCUT2D eigenvalue weighted by atomic mass is 9.73. The number of hydrogen-bond donors (Lipinski definition) is 2. The van der Waals surface area contributed by atoms with Gasteiger partial charge in [-0.1, -0.05) is 18.5 Å².